The summed E-state index contributed by atoms with van der Waals surface area (Å²) < 4.78 is 0. The van der Waals surface area contributed by atoms with E-state index in [0.717, 1.165) is 30.3 Å². The van der Waals surface area contributed by atoms with Gasteiger partial charge in [-0.1, -0.05) is 12.5 Å². The van der Waals surface area contributed by atoms with Gasteiger partial charge < -0.3 is 0 Å². The van der Waals surface area contributed by atoms with E-state index in [-0.39, 0.29) is 5.41 Å². The molecule has 0 aromatic rings. The molecule has 1 nitrogen and oxygen atoms in total. The Labute approximate surface area is 111 Å². The van der Waals surface area contributed by atoms with Crippen LogP contribution in [-0.2, 0) is 4.79 Å². The molecule has 4 saturated carbocycles. The van der Waals surface area contributed by atoms with E-state index in [1.165, 1.54) is 38.5 Å². The molecule has 0 saturated heterocycles. The molecule has 0 N–H and O–H groups in total. The van der Waals surface area contributed by atoms with Gasteiger partial charge in [-0.2, -0.15) is 0 Å². The molecule has 0 radical (unpaired) electrons. The molecular formula is C17H26O. The summed E-state index contributed by atoms with van der Waals surface area (Å²) in [6.45, 7) is 8.41. The van der Waals surface area contributed by atoms with Crippen molar-refractivity contribution >= 4 is 5.78 Å². The molecule has 0 spiro atoms. The molecule has 4 aliphatic rings. The first-order valence-corrected chi connectivity index (χ1v) is 7.59. The number of rotatable bonds is 4. The van der Waals surface area contributed by atoms with Crippen LogP contribution in [0.5, 0.6) is 0 Å². The first-order chi connectivity index (χ1) is 8.41. The topological polar surface area (TPSA) is 17.1 Å². The van der Waals surface area contributed by atoms with Crippen molar-refractivity contribution in [3.05, 3.63) is 12.2 Å². The number of allylic oxidation sites excluding steroid dienone is 1. The van der Waals surface area contributed by atoms with Crippen molar-refractivity contribution in [2.45, 2.75) is 65.2 Å². The normalized spacial score (nSPS) is 45.2. The van der Waals surface area contributed by atoms with Gasteiger partial charge in [-0.15, -0.1) is 6.58 Å². The molecule has 18 heavy (non-hydrogen) atoms. The number of hydrogen-bond acceptors (Lipinski definition) is 1. The van der Waals surface area contributed by atoms with Gasteiger partial charge in [-0.25, -0.2) is 0 Å². The van der Waals surface area contributed by atoms with Gasteiger partial charge in [0, 0.05) is 11.8 Å². The molecule has 0 amide bonds. The Kier molecular flexibility index (Phi) is 2.73. The summed E-state index contributed by atoms with van der Waals surface area (Å²) in [4.78, 5) is 12.7. The summed E-state index contributed by atoms with van der Waals surface area (Å²) in [6, 6.07) is 0. The lowest BCUT2D eigenvalue weighted by Gasteiger charge is -2.60. The number of Topliss-reactive ketones (excluding diaryl/α,β-unsaturated/α-hetero) is 1. The maximum atomic E-state index is 12.7. The summed E-state index contributed by atoms with van der Waals surface area (Å²) in [5, 5.41) is 0. The smallest absolute Gasteiger partial charge is 0.139 e. The molecule has 2 unspecified atom stereocenters. The molecule has 0 heterocycles. The zero-order chi connectivity index (χ0) is 13.0. The van der Waals surface area contributed by atoms with Gasteiger partial charge in [-0.3, -0.25) is 4.79 Å². The van der Waals surface area contributed by atoms with Gasteiger partial charge in [0.2, 0.25) is 0 Å². The SMILES string of the molecule is C=C(C)CCC(=O)C12CC3CC(CC(C)(C3)C1)C2. The lowest BCUT2D eigenvalue weighted by atomic mass is 9.43. The van der Waals surface area contributed by atoms with Crippen LogP contribution in [0.25, 0.3) is 0 Å². The quantitative estimate of drug-likeness (QED) is 0.667. The Bertz CT molecular complexity index is 378. The van der Waals surface area contributed by atoms with Crippen molar-refractivity contribution < 1.29 is 4.79 Å². The van der Waals surface area contributed by atoms with Crippen LogP contribution in [0.4, 0.5) is 0 Å². The minimum atomic E-state index is 0.0777. The fourth-order valence-corrected chi connectivity index (χ4v) is 5.64. The maximum absolute atomic E-state index is 12.7. The van der Waals surface area contributed by atoms with Crippen LogP contribution < -0.4 is 0 Å². The molecule has 4 rings (SSSR count). The lowest BCUT2D eigenvalue weighted by Crippen LogP contribution is -2.53. The Morgan fingerprint density at radius 3 is 2.28 bits per heavy atom. The van der Waals surface area contributed by atoms with E-state index in [1.807, 2.05) is 6.92 Å². The van der Waals surface area contributed by atoms with Gasteiger partial charge in [0.05, 0.1) is 0 Å². The highest BCUT2D eigenvalue weighted by atomic mass is 16.1. The van der Waals surface area contributed by atoms with Crippen molar-refractivity contribution in [1.82, 2.24) is 0 Å². The number of ketones is 1. The van der Waals surface area contributed by atoms with Gasteiger partial charge in [0.1, 0.15) is 5.78 Å². The van der Waals surface area contributed by atoms with E-state index in [1.54, 1.807) is 0 Å². The lowest BCUT2D eigenvalue weighted by molar-refractivity contribution is -0.153. The average molecular weight is 246 g/mol. The van der Waals surface area contributed by atoms with E-state index >= 15 is 0 Å². The van der Waals surface area contributed by atoms with Crippen molar-refractivity contribution in [3.8, 4) is 0 Å². The van der Waals surface area contributed by atoms with Gasteiger partial charge in [-0.05, 0) is 69.1 Å². The summed E-state index contributed by atoms with van der Waals surface area (Å²) in [6.07, 6.45) is 9.41. The molecule has 2 atom stereocenters. The van der Waals surface area contributed by atoms with Crippen LogP contribution in [0.1, 0.15) is 65.2 Å². The number of carbonyl (C=O) groups excluding carboxylic acids is 1. The second-order valence-corrected chi connectivity index (χ2v) is 7.93. The summed E-state index contributed by atoms with van der Waals surface area (Å²) in [5.41, 5.74) is 1.72. The average Bonchev–Trinajstić information content (AvgIpc) is 2.22. The predicted molar refractivity (Wildman–Crippen MR) is 74.3 cm³/mol. The monoisotopic (exact) mass is 246 g/mol. The molecule has 0 aromatic heterocycles. The van der Waals surface area contributed by atoms with Crippen molar-refractivity contribution in [2.75, 3.05) is 0 Å². The minimum Gasteiger partial charge on any atom is -0.299 e. The zero-order valence-electron chi connectivity index (χ0n) is 11.9. The molecule has 4 bridgehead atoms. The van der Waals surface area contributed by atoms with Crippen LogP contribution in [0.2, 0.25) is 0 Å². The minimum absolute atomic E-state index is 0.0777. The van der Waals surface area contributed by atoms with Crippen molar-refractivity contribution in [2.24, 2.45) is 22.7 Å². The molecule has 0 aliphatic heterocycles. The van der Waals surface area contributed by atoms with Crippen LogP contribution in [-0.4, -0.2) is 5.78 Å². The third-order valence-corrected chi connectivity index (χ3v) is 5.72. The first-order valence-electron chi connectivity index (χ1n) is 7.59. The van der Waals surface area contributed by atoms with E-state index < -0.39 is 0 Å². The third kappa shape index (κ3) is 1.96. The van der Waals surface area contributed by atoms with Crippen LogP contribution in [0.3, 0.4) is 0 Å². The fourth-order valence-electron chi connectivity index (χ4n) is 5.64. The van der Waals surface area contributed by atoms with Gasteiger partial charge in [0.15, 0.2) is 0 Å². The Morgan fingerprint density at radius 2 is 1.78 bits per heavy atom. The van der Waals surface area contributed by atoms with Gasteiger partial charge >= 0.3 is 0 Å². The summed E-state index contributed by atoms with van der Waals surface area (Å²) in [7, 11) is 0. The first kappa shape index (κ1) is 12.4. The van der Waals surface area contributed by atoms with E-state index in [2.05, 4.69) is 13.5 Å². The van der Waals surface area contributed by atoms with Crippen LogP contribution in [0.15, 0.2) is 12.2 Å². The standard InChI is InChI=1S/C17H26O/c1-12(2)4-5-15(18)17-9-13-6-14(10-17)8-16(3,7-13)11-17/h13-14H,1,4-11H2,2-3H3. The van der Waals surface area contributed by atoms with Crippen molar-refractivity contribution in [3.63, 3.8) is 0 Å². The number of hydrogen-bond donors (Lipinski definition) is 0. The second-order valence-electron chi connectivity index (χ2n) is 7.93. The molecule has 1 heteroatoms. The third-order valence-electron chi connectivity index (χ3n) is 5.72. The van der Waals surface area contributed by atoms with E-state index in [4.69, 9.17) is 0 Å². The van der Waals surface area contributed by atoms with Gasteiger partial charge in [0.25, 0.3) is 0 Å². The molecule has 4 fully saturated rings. The van der Waals surface area contributed by atoms with Crippen LogP contribution in [0, 0.1) is 22.7 Å². The highest BCUT2D eigenvalue weighted by Crippen LogP contribution is 2.65. The highest BCUT2D eigenvalue weighted by molar-refractivity contribution is 5.85. The second kappa shape index (κ2) is 3.95. The molecule has 0 aromatic carbocycles. The predicted octanol–water partition coefficient (Wildman–Crippen LogP) is 4.52. The Hall–Kier alpha value is -0.590. The van der Waals surface area contributed by atoms with Crippen molar-refractivity contribution in [1.29, 1.82) is 0 Å². The summed E-state index contributed by atoms with van der Waals surface area (Å²) in [5.74, 6) is 2.26. The molecule has 100 valence electrons. The highest BCUT2D eigenvalue weighted by Gasteiger charge is 2.58. The number of carbonyl (C=O) groups is 1. The van der Waals surface area contributed by atoms with Crippen LogP contribution >= 0.6 is 0 Å². The fraction of sp³-hybridized carbons (Fsp3) is 0.824. The Balaban J connectivity index is 1.78. The van der Waals surface area contributed by atoms with E-state index in [0.29, 0.717) is 11.2 Å². The maximum Gasteiger partial charge on any atom is 0.139 e. The largest absolute Gasteiger partial charge is 0.299 e. The zero-order valence-corrected chi connectivity index (χ0v) is 11.9. The molecule has 4 aliphatic carbocycles. The molecular weight excluding hydrogens is 220 g/mol. The Morgan fingerprint density at radius 1 is 1.17 bits per heavy atom. The van der Waals surface area contributed by atoms with E-state index in [9.17, 15) is 4.79 Å². The summed E-state index contributed by atoms with van der Waals surface area (Å²) >= 11 is 0.